The Morgan fingerprint density at radius 3 is 2.65 bits per heavy atom. The average Bonchev–Trinajstić information content (AvgIpc) is 3.42. The van der Waals surface area contributed by atoms with Crippen molar-refractivity contribution in [2.24, 2.45) is 9.98 Å². The highest BCUT2D eigenvalue weighted by Gasteiger charge is 2.24. The molecule has 0 fully saturated rings. The Kier molecular flexibility index (Phi) is 9.81. The molecule has 2 heterocycles. The van der Waals surface area contributed by atoms with E-state index < -0.39 is 0 Å². The van der Waals surface area contributed by atoms with Gasteiger partial charge in [-0.1, -0.05) is 71.6 Å². The summed E-state index contributed by atoms with van der Waals surface area (Å²) in [5.74, 6) is 1.63. The van der Waals surface area contributed by atoms with Crippen molar-refractivity contribution in [3.8, 4) is 0 Å². The fourth-order valence-electron chi connectivity index (χ4n) is 3.39. The summed E-state index contributed by atoms with van der Waals surface area (Å²) in [6, 6.07) is 0.396. The van der Waals surface area contributed by atoms with Gasteiger partial charge in [-0.25, -0.2) is 0 Å². The monoisotopic (exact) mass is 421 g/mol. The largest absolute Gasteiger partial charge is 0.354 e. The molecule has 0 amide bonds. The number of nitrogens with zero attached hydrogens (tertiary/aromatic N) is 6. The number of aliphatic imine (C=N–C) groups is 2. The number of tetrazole rings is 1. The van der Waals surface area contributed by atoms with Crippen LogP contribution in [0.15, 0.2) is 65.3 Å². The quantitative estimate of drug-likeness (QED) is 0.341. The Morgan fingerprint density at radius 2 is 2.00 bits per heavy atom. The van der Waals surface area contributed by atoms with Gasteiger partial charge in [0.05, 0.1) is 17.6 Å². The molecule has 7 nitrogen and oxygen atoms in total. The maximum Gasteiger partial charge on any atom is 0.205 e. The van der Waals surface area contributed by atoms with Crippen molar-refractivity contribution in [3.05, 3.63) is 61.1 Å². The van der Waals surface area contributed by atoms with Crippen molar-refractivity contribution < 1.29 is 0 Å². The minimum absolute atomic E-state index is 0.396. The lowest BCUT2D eigenvalue weighted by atomic mass is 10.0. The van der Waals surface area contributed by atoms with Gasteiger partial charge in [0.25, 0.3) is 0 Å². The van der Waals surface area contributed by atoms with Gasteiger partial charge < -0.3 is 4.90 Å². The number of hydrogen-bond donors (Lipinski definition) is 1. The van der Waals surface area contributed by atoms with Gasteiger partial charge in [0.1, 0.15) is 0 Å². The van der Waals surface area contributed by atoms with Crippen LogP contribution in [-0.2, 0) is 0 Å². The maximum absolute atomic E-state index is 4.98. The predicted octanol–water partition coefficient (Wildman–Crippen LogP) is 4.93. The van der Waals surface area contributed by atoms with Crippen molar-refractivity contribution in [2.45, 2.75) is 58.4 Å². The first kappa shape index (κ1) is 24.2. The van der Waals surface area contributed by atoms with Gasteiger partial charge in [0, 0.05) is 36.9 Å². The zero-order chi connectivity index (χ0) is 22.6. The van der Waals surface area contributed by atoms with Crippen molar-refractivity contribution in [2.75, 3.05) is 13.1 Å². The molecule has 1 N–H and O–H groups in total. The zero-order valence-electron chi connectivity index (χ0n) is 19.0. The number of amidine groups is 1. The number of aromatic nitrogens is 4. The first-order chi connectivity index (χ1) is 15.0. The van der Waals surface area contributed by atoms with Crippen LogP contribution in [0, 0.1) is 0 Å². The lowest BCUT2D eigenvalue weighted by Gasteiger charge is -2.21. The van der Waals surface area contributed by atoms with Crippen LogP contribution in [-0.4, -0.2) is 56.7 Å². The molecule has 1 unspecified atom stereocenters. The third-order valence-electron chi connectivity index (χ3n) is 5.11. The molecule has 7 heteroatoms. The summed E-state index contributed by atoms with van der Waals surface area (Å²) >= 11 is 0. The smallest absolute Gasteiger partial charge is 0.205 e. The van der Waals surface area contributed by atoms with E-state index in [0.717, 1.165) is 37.8 Å². The van der Waals surface area contributed by atoms with Crippen LogP contribution in [0.5, 0.6) is 0 Å². The van der Waals surface area contributed by atoms with Crippen molar-refractivity contribution in [1.29, 1.82) is 0 Å². The molecule has 0 aromatic carbocycles. The van der Waals surface area contributed by atoms with E-state index in [-0.39, 0.29) is 0 Å². The minimum Gasteiger partial charge on any atom is -0.354 e. The van der Waals surface area contributed by atoms with Gasteiger partial charge in [0.2, 0.25) is 5.82 Å². The Balaban J connectivity index is 1.99. The summed E-state index contributed by atoms with van der Waals surface area (Å²) < 4.78 is 0. The first-order valence-corrected chi connectivity index (χ1v) is 11.0. The van der Waals surface area contributed by atoms with E-state index in [2.05, 4.69) is 70.7 Å². The summed E-state index contributed by atoms with van der Waals surface area (Å²) in [5, 5.41) is 14.1. The molecule has 1 aliphatic rings. The number of H-pyrrole nitrogens is 1. The number of allylic oxidation sites excluding steroid dienone is 3. The SMILES string of the molecule is C=C/C=C(\C(=C)C(=C)N=CC(=C)CN1CC(CCCC)N=C1CCCC)c1nn[nH]n1. The highest BCUT2D eigenvalue weighted by atomic mass is 15.5. The summed E-state index contributed by atoms with van der Waals surface area (Å²) in [6.45, 7) is 22.2. The summed E-state index contributed by atoms with van der Waals surface area (Å²) in [7, 11) is 0. The van der Waals surface area contributed by atoms with Crippen molar-refractivity contribution in [3.63, 3.8) is 0 Å². The molecule has 1 aliphatic heterocycles. The van der Waals surface area contributed by atoms with Crippen molar-refractivity contribution in [1.82, 2.24) is 25.5 Å². The number of rotatable bonds is 14. The van der Waals surface area contributed by atoms with Crippen molar-refractivity contribution >= 4 is 17.6 Å². The number of unbranched alkanes of at least 4 members (excludes halogenated alkanes) is 2. The molecule has 1 aromatic rings. The zero-order valence-corrected chi connectivity index (χ0v) is 19.0. The average molecular weight is 422 g/mol. The van der Waals surface area contributed by atoms with Crippen LogP contribution in [0.25, 0.3) is 5.57 Å². The van der Waals surface area contributed by atoms with Gasteiger partial charge in [-0.05, 0) is 23.6 Å². The van der Waals surface area contributed by atoms with E-state index in [9.17, 15) is 0 Å². The summed E-state index contributed by atoms with van der Waals surface area (Å²) in [6.07, 6.45) is 12.1. The second-order valence-electron chi connectivity index (χ2n) is 7.72. The molecule has 166 valence electrons. The molecular weight excluding hydrogens is 386 g/mol. The first-order valence-electron chi connectivity index (χ1n) is 11.0. The highest BCUT2D eigenvalue weighted by molar-refractivity contribution is 5.87. The van der Waals surface area contributed by atoms with Gasteiger partial charge in [-0.15, -0.1) is 10.2 Å². The fraction of sp³-hybridized carbons (Fsp3) is 0.458. The standard InChI is InChI=1S/C24H35N7/c1-7-10-13-21-17-31(23(26-21)14-11-8-2)16-18(4)15-25-20(6)19(5)22(12-9-3)24-27-29-30-28-24/h9,12,15,21H,3-8,10-11,13-14,16-17H2,1-2H3,(H,27,28,29,30)/b22-12+,25-15?. The summed E-state index contributed by atoms with van der Waals surface area (Å²) in [5.41, 5.74) is 2.70. The molecular formula is C24H35N7. The van der Waals surface area contributed by atoms with Crippen LogP contribution in [0.1, 0.15) is 58.2 Å². The van der Waals surface area contributed by atoms with E-state index in [1.54, 1.807) is 18.4 Å². The van der Waals surface area contributed by atoms with E-state index in [1.165, 1.54) is 18.7 Å². The molecule has 0 bridgehead atoms. The Bertz CT molecular complexity index is 858. The molecule has 1 atom stereocenters. The highest BCUT2D eigenvalue weighted by Crippen LogP contribution is 2.24. The topological polar surface area (TPSA) is 82.4 Å². The molecule has 0 saturated carbocycles. The van der Waals surface area contributed by atoms with E-state index in [1.807, 2.05) is 0 Å². The third kappa shape index (κ3) is 7.27. The van der Waals surface area contributed by atoms with E-state index in [4.69, 9.17) is 4.99 Å². The van der Waals surface area contributed by atoms with Crippen LogP contribution < -0.4 is 0 Å². The molecule has 31 heavy (non-hydrogen) atoms. The van der Waals surface area contributed by atoms with Crippen LogP contribution in [0.4, 0.5) is 0 Å². The molecule has 0 aliphatic carbocycles. The fourth-order valence-corrected chi connectivity index (χ4v) is 3.39. The predicted molar refractivity (Wildman–Crippen MR) is 130 cm³/mol. The lowest BCUT2D eigenvalue weighted by Crippen LogP contribution is -2.31. The van der Waals surface area contributed by atoms with E-state index in [0.29, 0.717) is 35.3 Å². The normalized spacial score (nSPS) is 16.6. The molecule has 0 radical (unpaired) electrons. The Labute approximate surface area is 186 Å². The Hall–Kier alpha value is -3.09. The molecule has 0 saturated heterocycles. The number of hydrogen-bond acceptors (Lipinski definition) is 6. The second kappa shape index (κ2) is 12.6. The van der Waals surface area contributed by atoms with Crippen LogP contribution >= 0.6 is 0 Å². The van der Waals surface area contributed by atoms with Gasteiger partial charge in [-0.3, -0.25) is 9.98 Å². The second-order valence-corrected chi connectivity index (χ2v) is 7.72. The molecule has 1 aromatic heterocycles. The third-order valence-corrected chi connectivity index (χ3v) is 5.11. The number of aromatic amines is 1. The molecule has 0 spiro atoms. The minimum atomic E-state index is 0.396. The van der Waals surface area contributed by atoms with E-state index >= 15 is 0 Å². The van der Waals surface area contributed by atoms with Gasteiger partial charge in [-0.2, -0.15) is 5.21 Å². The lowest BCUT2D eigenvalue weighted by molar-refractivity contribution is 0.434. The van der Waals surface area contributed by atoms with Crippen LogP contribution in [0.3, 0.4) is 0 Å². The van der Waals surface area contributed by atoms with Gasteiger partial charge >= 0.3 is 0 Å². The summed E-state index contributed by atoms with van der Waals surface area (Å²) in [4.78, 5) is 11.8. The van der Waals surface area contributed by atoms with Crippen LogP contribution in [0.2, 0.25) is 0 Å². The maximum atomic E-state index is 4.98. The number of nitrogens with one attached hydrogen (secondary N) is 1. The Morgan fingerprint density at radius 1 is 1.23 bits per heavy atom. The molecule has 2 rings (SSSR count). The van der Waals surface area contributed by atoms with Gasteiger partial charge in [0.15, 0.2) is 0 Å².